The van der Waals surface area contributed by atoms with E-state index in [-0.39, 0.29) is 0 Å². The molecule has 0 rings (SSSR count). The van der Waals surface area contributed by atoms with Gasteiger partial charge in [0.05, 0.1) is 6.42 Å². The summed E-state index contributed by atoms with van der Waals surface area (Å²) >= 11 is 0. The third-order valence-corrected chi connectivity index (χ3v) is 3.15. The molecule has 0 aromatic rings. The van der Waals surface area contributed by atoms with E-state index in [4.69, 9.17) is 0 Å². The topological polar surface area (TPSA) is 26.3 Å². The highest BCUT2D eigenvalue weighted by molar-refractivity contribution is 7.38. The Labute approximate surface area is 114 Å². The minimum Gasteiger partial charge on any atom is -0.171 e. The molecule has 0 bridgehead atoms. The van der Waals surface area contributed by atoms with Crippen molar-refractivity contribution in [3.05, 3.63) is 0 Å². The Bertz CT molecular complexity index is 344. The first-order chi connectivity index (χ1) is 9.12. The summed E-state index contributed by atoms with van der Waals surface area (Å²) in [5, 5.41) is 0. The summed E-state index contributed by atoms with van der Waals surface area (Å²) in [4.78, 5) is 0. The van der Waals surface area contributed by atoms with E-state index in [1.165, 1.54) is 0 Å². The normalized spacial score (nSPS) is 15.2. The molecule has 0 aliphatic heterocycles. The molecule has 21 heavy (non-hydrogen) atoms. The van der Waals surface area contributed by atoms with Gasteiger partial charge in [-0.15, -0.1) is 4.52 Å². The van der Waals surface area contributed by atoms with E-state index < -0.39 is 57.8 Å². The van der Waals surface area contributed by atoms with Crippen LogP contribution in [-0.2, 0) is 9.09 Å². The molecule has 1 atom stereocenters. The molecule has 0 heterocycles. The van der Waals surface area contributed by atoms with E-state index in [0.29, 0.717) is 0 Å². The summed E-state index contributed by atoms with van der Waals surface area (Å²) in [6.07, 6.45) is -23.8. The van der Waals surface area contributed by atoms with Crippen LogP contribution in [0, 0.1) is 5.41 Å². The van der Waals surface area contributed by atoms with Crippen molar-refractivity contribution >= 4 is 8.03 Å². The van der Waals surface area contributed by atoms with Gasteiger partial charge in [0, 0.05) is 0 Å². The van der Waals surface area contributed by atoms with Gasteiger partial charge in [-0.05, 0) is 17.4 Å². The van der Waals surface area contributed by atoms with E-state index in [0.717, 1.165) is 6.66 Å². The molecule has 1 unspecified atom stereocenters. The second kappa shape index (κ2) is 6.68. The fraction of sp³-hybridized carbons (Fsp3) is 1.00. The molecule has 0 saturated carbocycles. The molecular formula is C9H11F9O2P+. The summed E-state index contributed by atoms with van der Waals surface area (Å²) in [5.41, 5.74) is -4.90. The molecule has 0 aliphatic rings. The maximum absolute atomic E-state index is 12.7. The van der Waals surface area contributed by atoms with Gasteiger partial charge in [0.1, 0.15) is 6.61 Å². The molecule has 0 N–H and O–H groups in total. The van der Waals surface area contributed by atoms with E-state index in [9.17, 15) is 44.1 Å². The summed E-state index contributed by atoms with van der Waals surface area (Å²) < 4.78 is 127. The maximum Gasteiger partial charge on any atom is 0.504 e. The van der Waals surface area contributed by atoms with Crippen LogP contribution in [-0.4, -0.2) is 31.8 Å². The second-order valence-electron chi connectivity index (χ2n) is 4.25. The van der Waals surface area contributed by atoms with Crippen molar-refractivity contribution in [2.45, 2.75) is 37.8 Å². The van der Waals surface area contributed by atoms with Crippen LogP contribution in [0.3, 0.4) is 0 Å². The van der Waals surface area contributed by atoms with Crippen molar-refractivity contribution in [2.24, 2.45) is 5.41 Å². The minimum absolute atomic E-state index is 0.766. The monoisotopic (exact) mass is 353 g/mol. The average molecular weight is 353 g/mol. The maximum atomic E-state index is 12.7. The highest BCUT2D eigenvalue weighted by Crippen LogP contribution is 2.58. The van der Waals surface area contributed by atoms with Gasteiger partial charge in [0.15, 0.2) is 12.1 Å². The quantitative estimate of drug-likeness (QED) is 0.372. The zero-order chi connectivity index (χ0) is 17.1. The van der Waals surface area contributed by atoms with Crippen molar-refractivity contribution in [2.75, 3.05) is 13.3 Å². The molecule has 126 valence electrons. The van der Waals surface area contributed by atoms with Crippen LogP contribution in [0.1, 0.15) is 19.3 Å². The predicted octanol–water partition coefficient (Wildman–Crippen LogP) is 5.22. The highest BCUT2D eigenvalue weighted by Gasteiger charge is 2.72. The van der Waals surface area contributed by atoms with E-state index in [2.05, 4.69) is 4.52 Å². The second-order valence-corrected chi connectivity index (χ2v) is 5.38. The molecular weight excluding hydrogens is 342 g/mol. The SMILES string of the molecule is C[P+](=O)OCCCC(CC(F)(F)F)(C(F)(F)F)C(F)(F)F. The molecule has 0 aromatic heterocycles. The third-order valence-electron chi connectivity index (χ3n) is 2.61. The first-order valence-electron chi connectivity index (χ1n) is 5.36. The van der Waals surface area contributed by atoms with Crippen molar-refractivity contribution in [3.63, 3.8) is 0 Å². The first kappa shape index (κ1) is 20.4. The van der Waals surface area contributed by atoms with Gasteiger partial charge < -0.3 is 0 Å². The molecule has 2 nitrogen and oxygen atoms in total. The fourth-order valence-electron chi connectivity index (χ4n) is 1.64. The molecule has 0 aromatic carbocycles. The van der Waals surface area contributed by atoms with Gasteiger partial charge in [0.2, 0.25) is 0 Å². The lowest BCUT2D eigenvalue weighted by Crippen LogP contribution is -2.52. The van der Waals surface area contributed by atoms with Crippen molar-refractivity contribution in [3.8, 4) is 0 Å². The summed E-state index contributed by atoms with van der Waals surface area (Å²) in [6, 6.07) is 0. The Balaban J connectivity index is 5.36. The van der Waals surface area contributed by atoms with Crippen LogP contribution < -0.4 is 0 Å². The molecule has 0 saturated heterocycles. The largest absolute Gasteiger partial charge is 0.504 e. The Kier molecular flexibility index (Phi) is 6.50. The predicted molar refractivity (Wildman–Crippen MR) is 53.9 cm³/mol. The lowest BCUT2D eigenvalue weighted by Gasteiger charge is -2.37. The number of halogens is 9. The van der Waals surface area contributed by atoms with Gasteiger partial charge in [-0.25, -0.2) is 0 Å². The molecule has 0 radical (unpaired) electrons. The molecule has 0 spiro atoms. The first-order valence-corrected chi connectivity index (χ1v) is 6.99. The zero-order valence-corrected chi connectivity index (χ0v) is 11.4. The van der Waals surface area contributed by atoms with Gasteiger partial charge in [-0.3, -0.25) is 0 Å². The Hall–Kier alpha value is -0.570. The van der Waals surface area contributed by atoms with Gasteiger partial charge in [0.25, 0.3) is 0 Å². The smallest absolute Gasteiger partial charge is 0.171 e. The lowest BCUT2D eigenvalue weighted by molar-refractivity contribution is -0.366. The Morgan fingerprint density at radius 1 is 0.905 bits per heavy atom. The third kappa shape index (κ3) is 5.98. The Morgan fingerprint density at radius 3 is 1.62 bits per heavy atom. The van der Waals surface area contributed by atoms with Crippen LogP contribution in [0.15, 0.2) is 0 Å². The molecule has 0 aliphatic carbocycles. The van der Waals surface area contributed by atoms with Gasteiger partial charge >= 0.3 is 26.6 Å². The number of hydrogen-bond acceptors (Lipinski definition) is 2. The Morgan fingerprint density at radius 2 is 1.33 bits per heavy atom. The molecule has 12 heteroatoms. The van der Waals surface area contributed by atoms with Crippen LogP contribution in [0.2, 0.25) is 0 Å². The van der Waals surface area contributed by atoms with Crippen LogP contribution in [0.25, 0.3) is 0 Å². The van der Waals surface area contributed by atoms with Crippen molar-refractivity contribution < 1.29 is 48.6 Å². The number of hydrogen-bond donors (Lipinski definition) is 0. The van der Waals surface area contributed by atoms with Crippen molar-refractivity contribution in [1.82, 2.24) is 0 Å². The minimum atomic E-state index is -6.13. The zero-order valence-electron chi connectivity index (χ0n) is 10.5. The standard InChI is InChI=1S/C9H11F9O2P/c1-21(19)20-4-2-3-6(8(13,14)15,9(16,17)18)5-7(10,11)12/h2-5H2,1H3/q+1. The fourth-order valence-corrected chi connectivity index (χ4v) is 2.03. The van der Waals surface area contributed by atoms with Gasteiger partial charge in [-0.2, -0.15) is 39.5 Å². The molecule has 0 fully saturated rings. The summed E-state index contributed by atoms with van der Waals surface area (Å²) in [7, 11) is -2.27. The number of rotatable bonds is 6. The van der Waals surface area contributed by atoms with E-state index in [1.807, 2.05) is 0 Å². The average Bonchev–Trinajstić information content (AvgIpc) is 2.16. The van der Waals surface area contributed by atoms with Crippen LogP contribution >= 0.6 is 8.03 Å². The van der Waals surface area contributed by atoms with Crippen LogP contribution in [0.4, 0.5) is 39.5 Å². The summed E-state index contributed by atoms with van der Waals surface area (Å²) in [5.74, 6) is 0. The summed E-state index contributed by atoms with van der Waals surface area (Å²) in [6.45, 7) is 0.239. The van der Waals surface area contributed by atoms with Gasteiger partial charge in [-0.1, -0.05) is 0 Å². The molecule has 0 amide bonds. The van der Waals surface area contributed by atoms with Crippen molar-refractivity contribution in [1.29, 1.82) is 0 Å². The van der Waals surface area contributed by atoms with E-state index >= 15 is 0 Å². The van der Waals surface area contributed by atoms with E-state index in [1.54, 1.807) is 0 Å². The number of alkyl halides is 9. The lowest BCUT2D eigenvalue weighted by atomic mass is 9.78. The highest BCUT2D eigenvalue weighted by atomic mass is 31.1. The van der Waals surface area contributed by atoms with Crippen LogP contribution in [0.5, 0.6) is 0 Å².